The lowest BCUT2D eigenvalue weighted by molar-refractivity contribution is 0.102. The van der Waals surface area contributed by atoms with Crippen LogP contribution in [0.3, 0.4) is 0 Å². The van der Waals surface area contributed by atoms with E-state index in [-0.39, 0.29) is 11.3 Å². The van der Waals surface area contributed by atoms with Crippen molar-refractivity contribution in [3.05, 3.63) is 59.4 Å². The lowest BCUT2D eigenvalue weighted by atomic mass is 10.1. The van der Waals surface area contributed by atoms with Crippen LogP contribution in [-0.2, 0) is 10.0 Å². The molecule has 1 amide bonds. The van der Waals surface area contributed by atoms with E-state index in [0.29, 0.717) is 24.3 Å². The van der Waals surface area contributed by atoms with E-state index >= 15 is 0 Å². The fourth-order valence-corrected chi connectivity index (χ4v) is 4.25. The highest BCUT2D eigenvalue weighted by molar-refractivity contribution is 7.93. The first kappa shape index (κ1) is 16.4. The van der Waals surface area contributed by atoms with Gasteiger partial charge in [0.2, 0.25) is 10.0 Å². The van der Waals surface area contributed by atoms with Crippen molar-refractivity contribution in [2.45, 2.75) is 13.3 Å². The van der Waals surface area contributed by atoms with E-state index in [9.17, 15) is 17.6 Å². The first-order chi connectivity index (χ1) is 11.4. The van der Waals surface area contributed by atoms with Crippen LogP contribution in [0, 0.1) is 12.7 Å². The molecule has 1 heterocycles. The number of hydrogen-bond donors (Lipinski definition) is 1. The monoisotopic (exact) mass is 348 g/mol. The highest BCUT2D eigenvalue weighted by atomic mass is 32.2. The van der Waals surface area contributed by atoms with Crippen LogP contribution >= 0.6 is 0 Å². The number of nitrogens with one attached hydrogen (secondary N) is 1. The Morgan fingerprint density at radius 3 is 2.62 bits per heavy atom. The smallest absolute Gasteiger partial charge is 0.255 e. The van der Waals surface area contributed by atoms with Crippen LogP contribution in [0.2, 0.25) is 0 Å². The summed E-state index contributed by atoms with van der Waals surface area (Å²) in [5.74, 6) is -0.738. The minimum absolute atomic E-state index is 0.157. The molecule has 1 fully saturated rings. The Bertz CT molecular complexity index is 896. The molecule has 0 atom stereocenters. The van der Waals surface area contributed by atoms with Gasteiger partial charge < -0.3 is 5.32 Å². The summed E-state index contributed by atoms with van der Waals surface area (Å²) < 4.78 is 38.5. The molecule has 0 unspecified atom stereocenters. The number of hydrogen-bond acceptors (Lipinski definition) is 3. The van der Waals surface area contributed by atoms with E-state index in [1.807, 2.05) is 0 Å². The van der Waals surface area contributed by atoms with Crippen LogP contribution in [0.25, 0.3) is 0 Å². The summed E-state index contributed by atoms with van der Waals surface area (Å²) in [7, 11) is -3.24. The molecular formula is C17H17FN2O3S. The Labute approximate surface area is 140 Å². The Morgan fingerprint density at radius 2 is 2.00 bits per heavy atom. The van der Waals surface area contributed by atoms with E-state index in [0.717, 1.165) is 11.6 Å². The van der Waals surface area contributed by atoms with Crippen molar-refractivity contribution in [3.63, 3.8) is 0 Å². The quantitative estimate of drug-likeness (QED) is 0.927. The zero-order valence-corrected chi connectivity index (χ0v) is 13.9. The molecule has 1 saturated heterocycles. The first-order valence-electron chi connectivity index (χ1n) is 7.55. The van der Waals surface area contributed by atoms with Crippen molar-refractivity contribution in [1.29, 1.82) is 0 Å². The van der Waals surface area contributed by atoms with Crippen molar-refractivity contribution in [2.75, 3.05) is 21.9 Å². The largest absolute Gasteiger partial charge is 0.322 e. The van der Waals surface area contributed by atoms with Crippen LogP contribution < -0.4 is 9.62 Å². The van der Waals surface area contributed by atoms with Crippen molar-refractivity contribution in [2.24, 2.45) is 0 Å². The fourth-order valence-electron chi connectivity index (χ4n) is 2.70. The second kappa shape index (κ2) is 6.24. The molecule has 5 nitrogen and oxygen atoms in total. The van der Waals surface area contributed by atoms with Gasteiger partial charge in [-0.3, -0.25) is 9.10 Å². The number of nitrogens with zero attached hydrogens (tertiary/aromatic N) is 1. The minimum atomic E-state index is -3.24. The molecule has 3 rings (SSSR count). The summed E-state index contributed by atoms with van der Waals surface area (Å²) in [6.45, 7) is 2.25. The summed E-state index contributed by atoms with van der Waals surface area (Å²) >= 11 is 0. The molecule has 1 aliphatic heterocycles. The topological polar surface area (TPSA) is 66.5 Å². The second-order valence-corrected chi connectivity index (χ2v) is 7.72. The molecule has 7 heteroatoms. The van der Waals surface area contributed by atoms with Gasteiger partial charge in [-0.1, -0.05) is 6.07 Å². The third-order valence-corrected chi connectivity index (χ3v) is 5.80. The number of halogens is 1. The number of aryl methyl sites for hydroxylation is 1. The van der Waals surface area contributed by atoms with Crippen molar-refractivity contribution < 1.29 is 17.6 Å². The molecule has 0 aromatic heterocycles. The summed E-state index contributed by atoms with van der Waals surface area (Å²) in [6.07, 6.45) is 0.611. The van der Waals surface area contributed by atoms with Crippen LogP contribution in [0.5, 0.6) is 0 Å². The van der Waals surface area contributed by atoms with Gasteiger partial charge in [-0.2, -0.15) is 0 Å². The van der Waals surface area contributed by atoms with Gasteiger partial charge >= 0.3 is 0 Å². The molecule has 0 bridgehead atoms. The van der Waals surface area contributed by atoms with E-state index in [2.05, 4.69) is 5.32 Å². The average molecular weight is 348 g/mol. The van der Waals surface area contributed by atoms with Gasteiger partial charge in [0.1, 0.15) is 5.82 Å². The van der Waals surface area contributed by atoms with Crippen LogP contribution in [-0.4, -0.2) is 26.6 Å². The third-order valence-electron chi connectivity index (χ3n) is 3.93. The number of carbonyl (C=O) groups excluding carboxylic acids is 1. The van der Waals surface area contributed by atoms with Crippen molar-refractivity contribution >= 4 is 27.3 Å². The highest BCUT2D eigenvalue weighted by Gasteiger charge is 2.28. The van der Waals surface area contributed by atoms with Gasteiger partial charge in [-0.25, -0.2) is 12.8 Å². The molecule has 2 aromatic rings. The molecule has 0 aliphatic carbocycles. The SMILES string of the molecule is Cc1cc(N2CCCS2(=O)=O)ccc1NC(=O)c1cccc(F)c1. The number of rotatable bonds is 3. The highest BCUT2D eigenvalue weighted by Crippen LogP contribution is 2.28. The van der Waals surface area contributed by atoms with Gasteiger partial charge in [0.15, 0.2) is 0 Å². The van der Waals surface area contributed by atoms with Gasteiger partial charge in [0, 0.05) is 17.8 Å². The molecule has 1 N–H and O–H groups in total. The van der Waals surface area contributed by atoms with Gasteiger partial charge in [0.05, 0.1) is 11.4 Å². The van der Waals surface area contributed by atoms with E-state index in [1.54, 1.807) is 25.1 Å². The minimum Gasteiger partial charge on any atom is -0.322 e. The van der Waals surface area contributed by atoms with Gasteiger partial charge in [-0.05, 0) is 55.3 Å². The lowest BCUT2D eigenvalue weighted by Crippen LogP contribution is -2.25. The molecule has 126 valence electrons. The van der Waals surface area contributed by atoms with E-state index in [4.69, 9.17) is 0 Å². The third kappa shape index (κ3) is 3.26. The average Bonchev–Trinajstić information content (AvgIpc) is 2.88. The normalized spacial score (nSPS) is 16.2. The molecule has 2 aromatic carbocycles. The summed E-state index contributed by atoms with van der Waals surface area (Å²) in [5.41, 5.74) is 2.11. The predicted octanol–water partition coefficient (Wildman–Crippen LogP) is 2.93. The Balaban J connectivity index is 1.82. The van der Waals surface area contributed by atoms with Crippen LogP contribution in [0.1, 0.15) is 22.3 Å². The van der Waals surface area contributed by atoms with E-state index < -0.39 is 21.7 Å². The summed E-state index contributed by atoms with van der Waals surface area (Å²) in [6, 6.07) is 10.5. The van der Waals surface area contributed by atoms with Crippen LogP contribution in [0.15, 0.2) is 42.5 Å². The maximum Gasteiger partial charge on any atom is 0.255 e. The Hall–Kier alpha value is -2.41. The van der Waals surface area contributed by atoms with Gasteiger partial charge in [-0.15, -0.1) is 0 Å². The number of sulfonamides is 1. The fraction of sp³-hybridized carbons (Fsp3) is 0.235. The van der Waals surface area contributed by atoms with E-state index in [1.165, 1.54) is 22.5 Å². The maximum atomic E-state index is 13.2. The Morgan fingerprint density at radius 1 is 1.21 bits per heavy atom. The second-order valence-electron chi connectivity index (χ2n) is 5.71. The molecule has 0 radical (unpaired) electrons. The number of amides is 1. The Kier molecular flexibility index (Phi) is 4.28. The molecule has 24 heavy (non-hydrogen) atoms. The molecular weight excluding hydrogens is 331 g/mol. The van der Waals surface area contributed by atoms with Gasteiger partial charge in [0.25, 0.3) is 5.91 Å². The zero-order chi connectivity index (χ0) is 17.3. The van der Waals surface area contributed by atoms with Crippen LogP contribution in [0.4, 0.5) is 15.8 Å². The summed E-state index contributed by atoms with van der Waals surface area (Å²) in [4.78, 5) is 12.2. The maximum absolute atomic E-state index is 13.2. The summed E-state index contributed by atoms with van der Waals surface area (Å²) in [5, 5.41) is 2.72. The first-order valence-corrected chi connectivity index (χ1v) is 9.16. The van der Waals surface area contributed by atoms with Crippen molar-refractivity contribution in [3.8, 4) is 0 Å². The molecule has 0 spiro atoms. The molecule has 1 aliphatic rings. The molecule has 0 saturated carbocycles. The van der Waals surface area contributed by atoms with Crippen molar-refractivity contribution in [1.82, 2.24) is 0 Å². The number of benzene rings is 2. The number of carbonyl (C=O) groups is 1. The number of anilines is 2. The predicted molar refractivity (Wildman–Crippen MR) is 91.3 cm³/mol. The zero-order valence-electron chi connectivity index (χ0n) is 13.1. The lowest BCUT2D eigenvalue weighted by Gasteiger charge is -2.18. The standard InChI is InChI=1S/C17H17FN2O3S/c1-12-10-15(20-8-3-9-24(20,22)23)6-7-16(12)19-17(21)13-4-2-5-14(18)11-13/h2,4-7,10-11H,3,8-9H2,1H3,(H,19,21).